The summed E-state index contributed by atoms with van der Waals surface area (Å²) in [5.41, 5.74) is 0. The van der Waals surface area contributed by atoms with Gasteiger partial charge in [-0.25, -0.2) is 0 Å². The van der Waals surface area contributed by atoms with Crippen LogP contribution in [0, 0.1) is 5.92 Å². The minimum Gasteiger partial charge on any atom is -0.378 e. The summed E-state index contributed by atoms with van der Waals surface area (Å²) in [6.07, 6.45) is 6.20. The molecule has 8 heavy (non-hydrogen) atoms. The molecular weight excluding hydrogens is 100 g/mol. The standard InChI is InChI=1S/C7H12O/c1-2-6-4-5-8-7(6)3-1/h6-7H,1-5H2/t6-,7-/m0/s1. The van der Waals surface area contributed by atoms with Gasteiger partial charge in [0.15, 0.2) is 0 Å². The molecule has 0 aromatic rings. The fourth-order valence-electron chi connectivity index (χ4n) is 1.92. The first-order chi connectivity index (χ1) is 3.97. The summed E-state index contributed by atoms with van der Waals surface area (Å²) in [4.78, 5) is 0. The highest BCUT2D eigenvalue weighted by atomic mass is 16.5. The Kier molecular flexibility index (Phi) is 1.04. The highest BCUT2D eigenvalue weighted by Gasteiger charge is 2.31. The number of hydrogen-bond acceptors (Lipinski definition) is 1. The molecule has 1 aliphatic heterocycles. The van der Waals surface area contributed by atoms with Crippen LogP contribution >= 0.6 is 0 Å². The van der Waals surface area contributed by atoms with E-state index in [1.807, 2.05) is 0 Å². The van der Waals surface area contributed by atoms with Crippen molar-refractivity contribution in [2.24, 2.45) is 5.92 Å². The Morgan fingerprint density at radius 3 is 3.00 bits per heavy atom. The molecule has 0 aromatic heterocycles. The molecule has 2 rings (SSSR count). The minimum absolute atomic E-state index is 0.676. The van der Waals surface area contributed by atoms with Crippen molar-refractivity contribution in [1.82, 2.24) is 0 Å². The van der Waals surface area contributed by atoms with E-state index in [4.69, 9.17) is 4.74 Å². The Labute approximate surface area is 50.0 Å². The molecule has 2 atom stereocenters. The van der Waals surface area contributed by atoms with E-state index in [9.17, 15) is 0 Å². The van der Waals surface area contributed by atoms with E-state index in [1.54, 1.807) is 0 Å². The van der Waals surface area contributed by atoms with Gasteiger partial charge in [0, 0.05) is 6.61 Å². The molecule has 0 aromatic carbocycles. The topological polar surface area (TPSA) is 9.23 Å². The van der Waals surface area contributed by atoms with Crippen LogP contribution in [0.15, 0.2) is 0 Å². The molecule has 1 saturated heterocycles. The van der Waals surface area contributed by atoms with Gasteiger partial charge >= 0.3 is 0 Å². The van der Waals surface area contributed by atoms with E-state index in [0.29, 0.717) is 6.10 Å². The number of fused-ring (bicyclic) bond motifs is 1. The van der Waals surface area contributed by atoms with Crippen LogP contribution < -0.4 is 0 Å². The van der Waals surface area contributed by atoms with Crippen LogP contribution in [0.5, 0.6) is 0 Å². The SMILES string of the molecule is C1C[C@H]2CCO[C@H]2C1. The highest BCUT2D eigenvalue weighted by molar-refractivity contribution is 4.81. The first-order valence-corrected chi connectivity index (χ1v) is 3.58. The average Bonchev–Trinajstić information content (AvgIpc) is 2.15. The number of hydrogen-bond donors (Lipinski definition) is 0. The molecule has 46 valence electrons. The van der Waals surface area contributed by atoms with Gasteiger partial charge in [-0.15, -0.1) is 0 Å². The highest BCUT2D eigenvalue weighted by Crippen LogP contribution is 2.35. The lowest BCUT2D eigenvalue weighted by atomic mass is 10.1. The van der Waals surface area contributed by atoms with Gasteiger partial charge in [-0.3, -0.25) is 0 Å². The van der Waals surface area contributed by atoms with E-state index >= 15 is 0 Å². The second kappa shape index (κ2) is 1.73. The lowest BCUT2D eigenvalue weighted by Crippen LogP contribution is -2.06. The normalized spacial score (nSPS) is 45.0. The second-order valence-electron chi connectivity index (χ2n) is 2.89. The van der Waals surface area contributed by atoms with Crippen molar-refractivity contribution in [1.29, 1.82) is 0 Å². The van der Waals surface area contributed by atoms with Crippen LogP contribution in [-0.2, 0) is 4.74 Å². The Bertz CT molecular complexity index is 70.4. The smallest absolute Gasteiger partial charge is 0.0604 e. The summed E-state index contributed by atoms with van der Waals surface area (Å²) in [6.45, 7) is 1.04. The first-order valence-electron chi connectivity index (χ1n) is 3.58. The summed E-state index contributed by atoms with van der Waals surface area (Å²) in [7, 11) is 0. The predicted octanol–water partition coefficient (Wildman–Crippen LogP) is 1.58. The average molecular weight is 112 g/mol. The molecule has 0 spiro atoms. The molecule has 0 radical (unpaired) electrons. The molecule has 0 N–H and O–H groups in total. The zero-order chi connectivity index (χ0) is 5.40. The van der Waals surface area contributed by atoms with Gasteiger partial charge in [0.1, 0.15) is 0 Å². The Hall–Kier alpha value is -0.0400. The fraction of sp³-hybridized carbons (Fsp3) is 1.00. The molecule has 2 aliphatic rings. The van der Waals surface area contributed by atoms with Gasteiger partial charge in [-0.05, 0) is 25.2 Å². The van der Waals surface area contributed by atoms with E-state index in [2.05, 4.69) is 0 Å². The third-order valence-electron chi connectivity index (χ3n) is 2.41. The Morgan fingerprint density at radius 1 is 1.12 bits per heavy atom. The molecule has 1 nitrogen and oxygen atoms in total. The summed E-state index contributed by atoms with van der Waals surface area (Å²) in [6, 6.07) is 0. The van der Waals surface area contributed by atoms with E-state index < -0.39 is 0 Å². The predicted molar refractivity (Wildman–Crippen MR) is 31.7 cm³/mol. The molecule has 1 heterocycles. The summed E-state index contributed by atoms with van der Waals surface area (Å²) in [5, 5.41) is 0. The maximum atomic E-state index is 5.48. The van der Waals surface area contributed by atoms with Gasteiger partial charge in [-0.2, -0.15) is 0 Å². The second-order valence-corrected chi connectivity index (χ2v) is 2.89. The van der Waals surface area contributed by atoms with Gasteiger partial charge in [0.05, 0.1) is 6.10 Å². The molecule has 2 fully saturated rings. The third kappa shape index (κ3) is 0.576. The fourth-order valence-corrected chi connectivity index (χ4v) is 1.92. The monoisotopic (exact) mass is 112 g/mol. The van der Waals surface area contributed by atoms with E-state index in [0.717, 1.165) is 12.5 Å². The van der Waals surface area contributed by atoms with Crippen LogP contribution in [0.25, 0.3) is 0 Å². The van der Waals surface area contributed by atoms with Crippen molar-refractivity contribution in [3.8, 4) is 0 Å². The Morgan fingerprint density at radius 2 is 2.12 bits per heavy atom. The van der Waals surface area contributed by atoms with Crippen LogP contribution in [-0.4, -0.2) is 12.7 Å². The summed E-state index contributed by atoms with van der Waals surface area (Å²) in [5.74, 6) is 0.954. The van der Waals surface area contributed by atoms with Crippen molar-refractivity contribution in [3.05, 3.63) is 0 Å². The molecule has 1 saturated carbocycles. The third-order valence-corrected chi connectivity index (χ3v) is 2.41. The molecule has 0 amide bonds. The van der Waals surface area contributed by atoms with Crippen molar-refractivity contribution in [3.63, 3.8) is 0 Å². The van der Waals surface area contributed by atoms with Crippen LogP contribution in [0.3, 0.4) is 0 Å². The van der Waals surface area contributed by atoms with Gasteiger partial charge in [0.25, 0.3) is 0 Å². The van der Waals surface area contributed by atoms with Crippen molar-refractivity contribution < 1.29 is 4.74 Å². The molecule has 0 bridgehead atoms. The zero-order valence-corrected chi connectivity index (χ0v) is 5.10. The maximum absolute atomic E-state index is 5.48. The van der Waals surface area contributed by atoms with Crippen LogP contribution in [0.2, 0.25) is 0 Å². The lowest BCUT2D eigenvalue weighted by Gasteiger charge is -2.04. The first kappa shape index (κ1) is 4.80. The van der Waals surface area contributed by atoms with Gasteiger partial charge in [0.2, 0.25) is 0 Å². The quantitative estimate of drug-likeness (QED) is 0.462. The molecule has 1 heteroatoms. The van der Waals surface area contributed by atoms with Crippen molar-refractivity contribution in [2.45, 2.75) is 31.8 Å². The van der Waals surface area contributed by atoms with Crippen molar-refractivity contribution >= 4 is 0 Å². The summed E-state index contributed by atoms with van der Waals surface area (Å²) >= 11 is 0. The zero-order valence-electron chi connectivity index (χ0n) is 5.10. The maximum Gasteiger partial charge on any atom is 0.0604 e. The van der Waals surface area contributed by atoms with Gasteiger partial charge in [-0.1, -0.05) is 6.42 Å². The largest absolute Gasteiger partial charge is 0.378 e. The minimum atomic E-state index is 0.676. The Balaban J connectivity index is 2.04. The van der Waals surface area contributed by atoms with Crippen LogP contribution in [0.4, 0.5) is 0 Å². The van der Waals surface area contributed by atoms with Crippen LogP contribution in [0.1, 0.15) is 25.7 Å². The number of ether oxygens (including phenoxy) is 1. The van der Waals surface area contributed by atoms with Gasteiger partial charge < -0.3 is 4.74 Å². The molecule has 1 aliphatic carbocycles. The molecular formula is C7H12O. The lowest BCUT2D eigenvalue weighted by molar-refractivity contribution is 0.103. The van der Waals surface area contributed by atoms with E-state index in [1.165, 1.54) is 25.7 Å². The van der Waals surface area contributed by atoms with Crippen molar-refractivity contribution in [2.75, 3.05) is 6.61 Å². The van der Waals surface area contributed by atoms with E-state index in [-0.39, 0.29) is 0 Å². The number of rotatable bonds is 0. The molecule has 0 unspecified atom stereocenters. The summed E-state index contributed by atoms with van der Waals surface area (Å²) < 4.78 is 5.48.